The number of hydrogen-bond donors (Lipinski definition) is 0. The molecule has 3 aromatic rings. The summed E-state index contributed by atoms with van der Waals surface area (Å²) in [5.41, 5.74) is 3.40. The van der Waals surface area contributed by atoms with E-state index in [1.54, 1.807) is 13.1 Å². The van der Waals surface area contributed by atoms with Crippen LogP contribution in [0.5, 0.6) is 0 Å². The fourth-order valence-electron chi connectivity index (χ4n) is 3.73. The maximum Gasteiger partial charge on any atom is 0.275 e. The van der Waals surface area contributed by atoms with Gasteiger partial charge < -0.3 is 14.2 Å². The molecule has 4 heterocycles. The van der Waals surface area contributed by atoms with Crippen molar-refractivity contribution in [1.29, 1.82) is 0 Å². The number of nitrogens with zero attached hydrogens (tertiary/aromatic N) is 5. The van der Waals surface area contributed by atoms with Crippen LogP contribution in [0.3, 0.4) is 0 Å². The number of aryl methyl sites for hydroxylation is 1. The van der Waals surface area contributed by atoms with Crippen LogP contribution in [0.4, 0.5) is 0 Å². The van der Waals surface area contributed by atoms with Gasteiger partial charge in [-0.1, -0.05) is 0 Å². The Hall–Kier alpha value is -2.80. The highest BCUT2D eigenvalue weighted by atomic mass is 16.3. The smallest absolute Gasteiger partial charge is 0.275 e. The molecule has 27 heavy (non-hydrogen) atoms. The molecule has 0 radical (unpaired) electrons. The number of oxazole rings is 1. The van der Waals surface area contributed by atoms with Gasteiger partial charge in [-0.2, -0.15) is 0 Å². The lowest BCUT2D eigenvalue weighted by atomic mass is 9.98. The van der Waals surface area contributed by atoms with E-state index in [0.717, 1.165) is 30.5 Å². The molecule has 1 fully saturated rings. The van der Waals surface area contributed by atoms with Crippen molar-refractivity contribution in [2.24, 2.45) is 5.92 Å². The fourth-order valence-corrected chi connectivity index (χ4v) is 3.73. The van der Waals surface area contributed by atoms with Crippen molar-refractivity contribution in [1.82, 2.24) is 24.8 Å². The van der Waals surface area contributed by atoms with Gasteiger partial charge in [-0.3, -0.25) is 14.8 Å². The van der Waals surface area contributed by atoms with Crippen molar-refractivity contribution in [2.45, 2.75) is 13.3 Å². The number of pyridine rings is 2. The summed E-state index contributed by atoms with van der Waals surface area (Å²) in [6.45, 7) is 4.89. The van der Waals surface area contributed by atoms with E-state index in [1.807, 2.05) is 29.3 Å². The molecule has 1 saturated heterocycles. The summed E-state index contributed by atoms with van der Waals surface area (Å²) in [6, 6.07) is 5.92. The number of rotatable bonds is 3. The summed E-state index contributed by atoms with van der Waals surface area (Å²) < 4.78 is 5.22. The summed E-state index contributed by atoms with van der Waals surface area (Å²) in [5, 5.41) is 0. The summed E-state index contributed by atoms with van der Waals surface area (Å²) in [5.74, 6) is 0.753. The molecule has 1 aliphatic heterocycles. The van der Waals surface area contributed by atoms with Crippen LogP contribution in [0.15, 0.2) is 41.3 Å². The Labute approximate surface area is 158 Å². The van der Waals surface area contributed by atoms with E-state index in [2.05, 4.69) is 26.9 Å². The third kappa shape index (κ3) is 3.83. The molecule has 3 aromatic heterocycles. The van der Waals surface area contributed by atoms with Crippen LogP contribution in [0, 0.1) is 12.8 Å². The number of fused-ring (bicyclic) bond motifs is 1. The summed E-state index contributed by atoms with van der Waals surface area (Å²) in [7, 11) is 2.10. The van der Waals surface area contributed by atoms with E-state index in [-0.39, 0.29) is 5.91 Å². The van der Waals surface area contributed by atoms with Gasteiger partial charge in [0, 0.05) is 45.5 Å². The summed E-state index contributed by atoms with van der Waals surface area (Å²) >= 11 is 0. The molecule has 7 heteroatoms. The Morgan fingerprint density at radius 1 is 1.22 bits per heavy atom. The quantitative estimate of drug-likeness (QED) is 0.708. The second kappa shape index (κ2) is 7.44. The molecule has 7 nitrogen and oxygen atoms in total. The van der Waals surface area contributed by atoms with Gasteiger partial charge in [0.15, 0.2) is 11.6 Å². The molecule has 1 aliphatic rings. The average Bonchev–Trinajstić information content (AvgIpc) is 3.02. The zero-order valence-electron chi connectivity index (χ0n) is 15.6. The molecule has 0 bridgehead atoms. The summed E-state index contributed by atoms with van der Waals surface area (Å²) in [4.78, 5) is 30.1. The van der Waals surface area contributed by atoms with E-state index >= 15 is 0 Å². The number of likely N-dealkylation sites (N-methyl/N-ethyl adjacent to an activating group) is 1. The standard InChI is InChI=1S/C20H23N5O2/c1-14-23-18(13-27-14)20(26)25-9-8-24(2)11-15(12-25)10-16-5-7-21-17-4-3-6-22-19(16)17/h3-7,13,15H,8-12H2,1-2H3. The van der Waals surface area contributed by atoms with Crippen LogP contribution in [0.25, 0.3) is 11.0 Å². The molecule has 4 rings (SSSR count). The van der Waals surface area contributed by atoms with Gasteiger partial charge in [0.2, 0.25) is 0 Å². The zero-order chi connectivity index (χ0) is 18.8. The van der Waals surface area contributed by atoms with E-state index in [4.69, 9.17) is 4.42 Å². The van der Waals surface area contributed by atoms with Crippen LogP contribution in [0.1, 0.15) is 21.9 Å². The fraction of sp³-hybridized carbons (Fsp3) is 0.400. The Morgan fingerprint density at radius 2 is 2.11 bits per heavy atom. The van der Waals surface area contributed by atoms with Crippen molar-refractivity contribution in [3.8, 4) is 0 Å². The molecular formula is C20H23N5O2. The Kier molecular flexibility index (Phi) is 4.85. The Morgan fingerprint density at radius 3 is 2.93 bits per heavy atom. The van der Waals surface area contributed by atoms with E-state index < -0.39 is 0 Å². The van der Waals surface area contributed by atoms with Crippen LogP contribution in [-0.4, -0.2) is 63.9 Å². The molecule has 1 unspecified atom stereocenters. The molecular weight excluding hydrogens is 342 g/mol. The molecule has 0 spiro atoms. The van der Waals surface area contributed by atoms with Gasteiger partial charge in [0.1, 0.15) is 6.26 Å². The highest BCUT2D eigenvalue weighted by Gasteiger charge is 2.27. The van der Waals surface area contributed by atoms with E-state index in [0.29, 0.717) is 30.6 Å². The molecule has 0 saturated carbocycles. The van der Waals surface area contributed by atoms with Crippen LogP contribution in [-0.2, 0) is 6.42 Å². The predicted octanol–water partition coefficient (Wildman–Crippen LogP) is 2.17. The molecule has 1 atom stereocenters. The SMILES string of the molecule is Cc1nc(C(=O)N2CCN(C)CC(Cc3ccnc4cccnc34)C2)co1. The second-order valence-corrected chi connectivity index (χ2v) is 7.18. The highest BCUT2D eigenvalue weighted by Crippen LogP contribution is 2.21. The lowest BCUT2D eigenvalue weighted by Crippen LogP contribution is -2.36. The van der Waals surface area contributed by atoms with Gasteiger partial charge in [0.25, 0.3) is 5.91 Å². The molecule has 140 valence electrons. The van der Waals surface area contributed by atoms with Crippen LogP contribution < -0.4 is 0 Å². The number of carbonyl (C=O) groups excluding carboxylic acids is 1. The molecule has 0 aliphatic carbocycles. The number of hydrogen-bond acceptors (Lipinski definition) is 6. The maximum absolute atomic E-state index is 12.8. The zero-order valence-corrected chi connectivity index (χ0v) is 15.6. The molecule has 1 amide bonds. The topological polar surface area (TPSA) is 75.4 Å². The predicted molar refractivity (Wildman–Crippen MR) is 101 cm³/mol. The normalized spacial score (nSPS) is 18.6. The van der Waals surface area contributed by atoms with E-state index in [9.17, 15) is 4.79 Å². The minimum atomic E-state index is -0.0649. The largest absolute Gasteiger partial charge is 0.448 e. The van der Waals surface area contributed by atoms with Crippen LogP contribution >= 0.6 is 0 Å². The Bertz CT molecular complexity index is 949. The van der Waals surface area contributed by atoms with Gasteiger partial charge in [-0.25, -0.2) is 4.98 Å². The van der Waals surface area contributed by atoms with E-state index in [1.165, 1.54) is 11.8 Å². The third-order valence-electron chi connectivity index (χ3n) is 5.01. The van der Waals surface area contributed by atoms with Crippen molar-refractivity contribution in [3.05, 3.63) is 54.0 Å². The lowest BCUT2D eigenvalue weighted by Gasteiger charge is -2.23. The first kappa shape index (κ1) is 17.6. The third-order valence-corrected chi connectivity index (χ3v) is 5.01. The maximum atomic E-state index is 12.8. The average molecular weight is 365 g/mol. The molecule has 0 N–H and O–H groups in total. The monoisotopic (exact) mass is 365 g/mol. The minimum absolute atomic E-state index is 0.0649. The molecule has 0 aromatic carbocycles. The van der Waals surface area contributed by atoms with Gasteiger partial charge in [-0.05, 0) is 43.1 Å². The number of amides is 1. The Balaban J connectivity index is 1.56. The first-order valence-corrected chi connectivity index (χ1v) is 9.18. The highest BCUT2D eigenvalue weighted by molar-refractivity contribution is 5.92. The van der Waals surface area contributed by atoms with Crippen LogP contribution in [0.2, 0.25) is 0 Å². The first-order chi connectivity index (χ1) is 13.1. The van der Waals surface area contributed by atoms with Crippen molar-refractivity contribution < 1.29 is 9.21 Å². The van der Waals surface area contributed by atoms with Crippen molar-refractivity contribution in [2.75, 3.05) is 33.2 Å². The second-order valence-electron chi connectivity index (χ2n) is 7.18. The van der Waals surface area contributed by atoms with Crippen molar-refractivity contribution >= 4 is 16.9 Å². The minimum Gasteiger partial charge on any atom is -0.448 e. The van der Waals surface area contributed by atoms with Gasteiger partial charge in [0.05, 0.1) is 11.0 Å². The number of carbonyl (C=O) groups is 1. The first-order valence-electron chi connectivity index (χ1n) is 9.18. The van der Waals surface area contributed by atoms with Crippen molar-refractivity contribution in [3.63, 3.8) is 0 Å². The lowest BCUT2D eigenvalue weighted by molar-refractivity contribution is 0.0740. The summed E-state index contributed by atoms with van der Waals surface area (Å²) in [6.07, 6.45) is 5.93. The van der Waals surface area contributed by atoms with Gasteiger partial charge in [-0.15, -0.1) is 0 Å². The van der Waals surface area contributed by atoms with Gasteiger partial charge >= 0.3 is 0 Å². The number of aromatic nitrogens is 3.